The van der Waals surface area contributed by atoms with Crippen LogP contribution in [-0.4, -0.2) is 13.2 Å². The van der Waals surface area contributed by atoms with Gasteiger partial charge in [0.05, 0.1) is 0 Å². The summed E-state index contributed by atoms with van der Waals surface area (Å²) in [5.41, 5.74) is 0. The second-order valence-electron chi connectivity index (χ2n) is 5.36. The van der Waals surface area contributed by atoms with Crippen LogP contribution in [0.1, 0.15) is 90.4 Å². The molecule has 0 N–H and O–H groups in total. The van der Waals surface area contributed by atoms with Crippen LogP contribution >= 0.6 is 0 Å². The molecule has 109 valence electrons. The minimum Gasteiger partial charge on any atom is -0.381 e. The Morgan fingerprint density at radius 1 is 0.611 bits per heavy atom. The van der Waals surface area contributed by atoms with E-state index in [2.05, 4.69) is 13.8 Å². The summed E-state index contributed by atoms with van der Waals surface area (Å²) in [6.07, 6.45) is 17.3. The lowest BCUT2D eigenvalue weighted by atomic mass is 10.1. The highest BCUT2D eigenvalue weighted by Crippen LogP contribution is 2.10. The van der Waals surface area contributed by atoms with Gasteiger partial charge in [0.15, 0.2) is 0 Å². The Bertz CT molecular complexity index is 118. The molecule has 0 atom stereocenters. The first-order chi connectivity index (χ1) is 8.91. The summed E-state index contributed by atoms with van der Waals surface area (Å²) in [5.74, 6) is 0. The van der Waals surface area contributed by atoms with Crippen molar-refractivity contribution >= 4 is 0 Å². The molecular weight excluding hydrogens is 220 g/mol. The smallest absolute Gasteiger partial charge is 0.0466 e. The number of rotatable bonds is 15. The van der Waals surface area contributed by atoms with Gasteiger partial charge in [-0.1, -0.05) is 84.5 Å². The van der Waals surface area contributed by atoms with Gasteiger partial charge in [-0.2, -0.15) is 0 Å². The van der Waals surface area contributed by atoms with E-state index in [1.165, 1.54) is 77.0 Å². The van der Waals surface area contributed by atoms with Crippen LogP contribution < -0.4 is 0 Å². The first-order valence-electron chi connectivity index (χ1n) is 8.28. The molecule has 1 heteroatoms. The third-order valence-electron chi connectivity index (χ3n) is 3.43. The quantitative estimate of drug-likeness (QED) is 0.330. The topological polar surface area (TPSA) is 9.23 Å². The lowest BCUT2D eigenvalue weighted by molar-refractivity contribution is 0.126. The van der Waals surface area contributed by atoms with E-state index in [-0.39, 0.29) is 0 Å². The zero-order valence-corrected chi connectivity index (χ0v) is 12.7. The van der Waals surface area contributed by atoms with E-state index < -0.39 is 0 Å². The van der Waals surface area contributed by atoms with Gasteiger partial charge in [0.1, 0.15) is 0 Å². The summed E-state index contributed by atoms with van der Waals surface area (Å²) in [7, 11) is 0. The Balaban J connectivity index is 2.86. The Morgan fingerprint density at radius 2 is 1.06 bits per heavy atom. The van der Waals surface area contributed by atoms with Gasteiger partial charge in [0, 0.05) is 13.2 Å². The summed E-state index contributed by atoms with van der Waals surface area (Å²) in [6.45, 7) is 8.06. The van der Waals surface area contributed by atoms with Crippen molar-refractivity contribution in [2.75, 3.05) is 13.2 Å². The van der Waals surface area contributed by atoms with Crippen LogP contribution in [0.25, 0.3) is 0 Å². The molecule has 0 aromatic rings. The Kier molecular flexibility index (Phi) is 16.9. The van der Waals surface area contributed by atoms with E-state index >= 15 is 0 Å². The second kappa shape index (κ2) is 17.0. The molecule has 0 heterocycles. The molecule has 1 radical (unpaired) electrons. The third-order valence-corrected chi connectivity index (χ3v) is 3.43. The zero-order chi connectivity index (χ0) is 13.3. The normalized spacial score (nSPS) is 11.0. The molecule has 0 amide bonds. The van der Waals surface area contributed by atoms with Gasteiger partial charge in [0.25, 0.3) is 0 Å². The van der Waals surface area contributed by atoms with Crippen molar-refractivity contribution in [3.8, 4) is 0 Å². The highest BCUT2D eigenvalue weighted by molar-refractivity contribution is 4.48. The van der Waals surface area contributed by atoms with Crippen LogP contribution in [0.5, 0.6) is 0 Å². The van der Waals surface area contributed by atoms with E-state index in [0.29, 0.717) is 0 Å². The molecule has 0 aromatic heterocycles. The van der Waals surface area contributed by atoms with Crippen LogP contribution in [0.2, 0.25) is 0 Å². The first kappa shape index (κ1) is 18.0. The van der Waals surface area contributed by atoms with Crippen molar-refractivity contribution in [1.82, 2.24) is 0 Å². The molecular formula is C17H35O. The fourth-order valence-electron chi connectivity index (χ4n) is 2.17. The average molecular weight is 255 g/mol. The molecule has 18 heavy (non-hydrogen) atoms. The van der Waals surface area contributed by atoms with E-state index in [1.54, 1.807) is 0 Å². The maximum atomic E-state index is 5.60. The van der Waals surface area contributed by atoms with Gasteiger partial charge in [-0.3, -0.25) is 0 Å². The molecule has 0 bridgehead atoms. The summed E-state index contributed by atoms with van der Waals surface area (Å²) in [6, 6.07) is 0. The predicted molar refractivity (Wildman–Crippen MR) is 81.9 cm³/mol. The summed E-state index contributed by atoms with van der Waals surface area (Å²) in [5, 5.41) is 0. The Hall–Kier alpha value is -0.0400. The highest BCUT2D eigenvalue weighted by Gasteiger charge is 1.93. The molecule has 0 aliphatic heterocycles. The lowest BCUT2D eigenvalue weighted by Gasteiger charge is -2.04. The maximum absolute atomic E-state index is 5.60. The van der Waals surface area contributed by atoms with Crippen molar-refractivity contribution in [3.63, 3.8) is 0 Å². The second-order valence-corrected chi connectivity index (χ2v) is 5.36. The van der Waals surface area contributed by atoms with Gasteiger partial charge in [0.2, 0.25) is 0 Å². The predicted octanol–water partition coefficient (Wildman–Crippen LogP) is 5.93. The minimum atomic E-state index is 0.972. The van der Waals surface area contributed by atoms with Crippen molar-refractivity contribution in [1.29, 1.82) is 0 Å². The zero-order valence-electron chi connectivity index (χ0n) is 12.7. The minimum absolute atomic E-state index is 0.972. The maximum Gasteiger partial charge on any atom is 0.0466 e. The third kappa shape index (κ3) is 16.0. The molecule has 0 unspecified atom stereocenters. The van der Waals surface area contributed by atoms with Crippen LogP contribution in [0.4, 0.5) is 0 Å². The molecule has 0 saturated heterocycles. The standard InChI is InChI=1S/C17H35O/c1-3-5-7-8-9-10-11-12-13-15-17-18-16-14-6-4-2/h1,3-17H2,2H3. The molecule has 0 aliphatic rings. The highest BCUT2D eigenvalue weighted by atomic mass is 16.5. The molecule has 0 aromatic carbocycles. The Labute approximate surface area is 116 Å². The molecule has 0 spiro atoms. The number of unbranched alkanes of at least 4 members (excludes halogenated alkanes) is 11. The molecule has 0 saturated carbocycles. The lowest BCUT2D eigenvalue weighted by Crippen LogP contribution is -1.96. The van der Waals surface area contributed by atoms with Crippen LogP contribution in [0.3, 0.4) is 0 Å². The van der Waals surface area contributed by atoms with Gasteiger partial charge >= 0.3 is 0 Å². The molecule has 0 fully saturated rings. The number of hydrogen-bond donors (Lipinski definition) is 0. The van der Waals surface area contributed by atoms with Crippen molar-refractivity contribution < 1.29 is 4.74 Å². The average Bonchev–Trinajstić information content (AvgIpc) is 2.39. The number of ether oxygens (including phenoxy) is 1. The monoisotopic (exact) mass is 255 g/mol. The molecule has 0 aliphatic carbocycles. The van der Waals surface area contributed by atoms with Crippen LogP contribution in [0, 0.1) is 6.92 Å². The summed E-state index contributed by atoms with van der Waals surface area (Å²) >= 11 is 0. The van der Waals surface area contributed by atoms with Crippen LogP contribution in [-0.2, 0) is 4.74 Å². The van der Waals surface area contributed by atoms with Crippen molar-refractivity contribution in [3.05, 3.63) is 6.92 Å². The van der Waals surface area contributed by atoms with E-state index in [0.717, 1.165) is 19.6 Å². The van der Waals surface area contributed by atoms with E-state index in [1.807, 2.05) is 0 Å². The first-order valence-corrected chi connectivity index (χ1v) is 8.28. The van der Waals surface area contributed by atoms with E-state index in [9.17, 15) is 0 Å². The molecule has 0 rings (SSSR count). The summed E-state index contributed by atoms with van der Waals surface area (Å²) < 4.78 is 5.60. The van der Waals surface area contributed by atoms with Crippen molar-refractivity contribution in [2.24, 2.45) is 0 Å². The largest absolute Gasteiger partial charge is 0.381 e. The summed E-state index contributed by atoms with van der Waals surface area (Å²) in [4.78, 5) is 0. The van der Waals surface area contributed by atoms with Gasteiger partial charge in [-0.15, -0.1) is 0 Å². The van der Waals surface area contributed by atoms with Gasteiger partial charge < -0.3 is 4.74 Å². The van der Waals surface area contributed by atoms with Gasteiger partial charge in [-0.25, -0.2) is 0 Å². The van der Waals surface area contributed by atoms with E-state index in [4.69, 9.17) is 4.74 Å². The fourth-order valence-corrected chi connectivity index (χ4v) is 2.17. The van der Waals surface area contributed by atoms with Crippen LogP contribution in [0.15, 0.2) is 0 Å². The van der Waals surface area contributed by atoms with Gasteiger partial charge in [-0.05, 0) is 12.8 Å². The fraction of sp³-hybridized carbons (Fsp3) is 0.941. The molecule has 1 nitrogen and oxygen atoms in total. The number of hydrogen-bond acceptors (Lipinski definition) is 1. The Morgan fingerprint density at radius 3 is 1.56 bits per heavy atom. The SMILES string of the molecule is [CH2]CCCCCCCCCCCOCCCCC. The van der Waals surface area contributed by atoms with Crippen molar-refractivity contribution in [2.45, 2.75) is 90.4 Å².